The molecule has 1 N–H and O–H groups in total. The number of hydrogen-bond donors (Lipinski definition) is 1. The second-order valence-electron chi connectivity index (χ2n) is 7.96. The van der Waals surface area contributed by atoms with Crippen molar-refractivity contribution in [1.82, 2.24) is 14.6 Å². The summed E-state index contributed by atoms with van der Waals surface area (Å²) in [5, 5.41) is 3.82. The molecule has 0 radical (unpaired) electrons. The average Bonchev–Trinajstić information content (AvgIpc) is 3.14. The molecule has 3 heterocycles. The van der Waals surface area contributed by atoms with E-state index in [1.54, 1.807) is 24.9 Å². The lowest BCUT2D eigenvalue weighted by atomic mass is 10.0. The first-order valence-electron chi connectivity index (χ1n) is 9.70. The van der Waals surface area contributed by atoms with E-state index in [1.807, 2.05) is 0 Å². The van der Waals surface area contributed by atoms with Crippen LogP contribution in [-0.4, -0.2) is 47.7 Å². The lowest BCUT2D eigenvalue weighted by molar-refractivity contribution is -0.141. The van der Waals surface area contributed by atoms with Crippen LogP contribution < -0.4 is 5.32 Å². The van der Waals surface area contributed by atoms with Gasteiger partial charge in [0.05, 0.1) is 5.69 Å². The second kappa shape index (κ2) is 7.89. The molecule has 1 aliphatic carbocycles. The topological polar surface area (TPSA) is 37.4 Å². The van der Waals surface area contributed by atoms with Gasteiger partial charge in [0.1, 0.15) is 5.69 Å². The van der Waals surface area contributed by atoms with E-state index < -0.39 is 11.9 Å². The van der Waals surface area contributed by atoms with E-state index in [4.69, 9.17) is 4.74 Å². The third-order valence-electron chi connectivity index (χ3n) is 5.97. The molecule has 0 amide bonds. The summed E-state index contributed by atoms with van der Waals surface area (Å²) in [5.41, 5.74) is -0.365. The molecule has 8 heteroatoms. The van der Waals surface area contributed by atoms with Gasteiger partial charge in [-0.1, -0.05) is 0 Å². The maximum absolute atomic E-state index is 12.8. The highest BCUT2D eigenvalue weighted by Crippen LogP contribution is 2.42. The normalized spacial score (nSPS) is 30.0. The Labute approximate surface area is 162 Å². The second-order valence-corrected chi connectivity index (χ2v) is 9.10. The lowest BCUT2D eigenvalue weighted by Crippen LogP contribution is -2.41. The molecule has 1 saturated carbocycles. The number of rotatable bonds is 4. The van der Waals surface area contributed by atoms with Crippen molar-refractivity contribution in [2.75, 3.05) is 26.3 Å². The van der Waals surface area contributed by atoms with Crippen molar-refractivity contribution in [2.45, 2.75) is 55.8 Å². The van der Waals surface area contributed by atoms with Crippen molar-refractivity contribution in [2.24, 2.45) is 11.8 Å². The van der Waals surface area contributed by atoms with Gasteiger partial charge in [-0.15, -0.1) is 0 Å². The van der Waals surface area contributed by atoms with E-state index in [2.05, 4.69) is 14.6 Å². The van der Waals surface area contributed by atoms with Gasteiger partial charge in [0.2, 0.25) is 0 Å². The molecule has 2 saturated heterocycles. The molecular formula is C19H26F3N3OS. The Bertz CT molecular complexity index is 652. The zero-order valence-corrected chi connectivity index (χ0v) is 16.3. The van der Waals surface area contributed by atoms with Crippen molar-refractivity contribution in [3.8, 4) is 0 Å². The number of halogens is 3. The van der Waals surface area contributed by atoms with Crippen LogP contribution in [0.5, 0.6) is 0 Å². The molecule has 2 aliphatic heterocycles. The summed E-state index contributed by atoms with van der Waals surface area (Å²) in [5.74, 6) is 1.36. The summed E-state index contributed by atoms with van der Waals surface area (Å²) in [7, 11) is 0. The Morgan fingerprint density at radius 1 is 1.11 bits per heavy atom. The monoisotopic (exact) mass is 401 g/mol. The van der Waals surface area contributed by atoms with E-state index in [1.165, 1.54) is 12.8 Å². The lowest BCUT2D eigenvalue weighted by Gasteiger charge is -2.27. The maximum Gasteiger partial charge on any atom is 0.433 e. The molecule has 4 rings (SSSR count). The number of hydrogen-bond acceptors (Lipinski definition) is 5. The van der Waals surface area contributed by atoms with Crippen LogP contribution in [0.1, 0.15) is 37.1 Å². The predicted octanol–water partition coefficient (Wildman–Crippen LogP) is 3.89. The molecular weight excluding hydrogens is 375 g/mol. The Morgan fingerprint density at radius 3 is 2.37 bits per heavy atom. The van der Waals surface area contributed by atoms with Crippen molar-refractivity contribution in [3.05, 3.63) is 23.5 Å². The molecule has 0 spiro atoms. The molecule has 0 bridgehead atoms. The van der Waals surface area contributed by atoms with Gasteiger partial charge in [-0.3, -0.25) is 0 Å². The molecule has 1 aromatic rings. The zero-order chi connectivity index (χ0) is 19.0. The van der Waals surface area contributed by atoms with Crippen LogP contribution in [0.25, 0.3) is 0 Å². The van der Waals surface area contributed by atoms with Crippen molar-refractivity contribution < 1.29 is 17.9 Å². The van der Waals surface area contributed by atoms with Crippen LogP contribution >= 0.6 is 11.9 Å². The summed E-state index contributed by atoms with van der Waals surface area (Å²) in [4.78, 5) is 4.56. The number of aromatic nitrogens is 1. The third kappa shape index (κ3) is 4.60. The molecule has 2 atom stereocenters. The summed E-state index contributed by atoms with van der Waals surface area (Å²) in [6.45, 7) is 5.39. The van der Waals surface area contributed by atoms with Gasteiger partial charge in [-0.25, -0.2) is 9.29 Å². The molecule has 4 nitrogen and oxygen atoms in total. The van der Waals surface area contributed by atoms with E-state index in [-0.39, 0.29) is 0 Å². The van der Waals surface area contributed by atoms with Gasteiger partial charge >= 0.3 is 6.18 Å². The molecule has 3 fully saturated rings. The number of pyridine rings is 1. The third-order valence-corrected chi connectivity index (χ3v) is 7.15. The Morgan fingerprint density at radius 2 is 1.78 bits per heavy atom. The summed E-state index contributed by atoms with van der Waals surface area (Å²) in [6, 6.07) is 3.83. The number of alkyl halides is 3. The number of fused-ring (bicyclic) bond motifs is 1. The Balaban J connectivity index is 1.29. The van der Waals surface area contributed by atoms with Crippen LogP contribution in [0.4, 0.5) is 13.2 Å². The first-order chi connectivity index (χ1) is 12.9. The minimum Gasteiger partial charge on any atom is -0.381 e. The van der Waals surface area contributed by atoms with Crippen molar-refractivity contribution >= 4 is 11.9 Å². The van der Waals surface area contributed by atoms with E-state index in [0.717, 1.165) is 50.1 Å². The van der Waals surface area contributed by atoms with Crippen LogP contribution in [-0.2, 0) is 10.9 Å². The Kier molecular flexibility index (Phi) is 5.69. The largest absolute Gasteiger partial charge is 0.433 e. The highest BCUT2D eigenvalue weighted by molar-refractivity contribution is 7.97. The van der Waals surface area contributed by atoms with Crippen molar-refractivity contribution in [1.29, 1.82) is 0 Å². The quantitative estimate of drug-likeness (QED) is 0.775. The smallest absolute Gasteiger partial charge is 0.381 e. The molecule has 27 heavy (non-hydrogen) atoms. The van der Waals surface area contributed by atoms with Gasteiger partial charge in [-0.05, 0) is 68.5 Å². The highest BCUT2D eigenvalue weighted by Gasteiger charge is 2.42. The van der Waals surface area contributed by atoms with Gasteiger partial charge in [0.15, 0.2) is 0 Å². The van der Waals surface area contributed by atoms with Gasteiger partial charge < -0.3 is 10.1 Å². The fourth-order valence-electron chi connectivity index (χ4n) is 4.61. The predicted molar refractivity (Wildman–Crippen MR) is 98.4 cm³/mol. The van der Waals surface area contributed by atoms with Crippen LogP contribution in [0.3, 0.4) is 0 Å². The molecule has 150 valence electrons. The first-order valence-corrected chi connectivity index (χ1v) is 10.5. The number of nitrogens with zero attached hydrogens (tertiary/aromatic N) is 2. The average molecular weight is 401 g/mol. The molecule has 1 aromatic heterocycles. The van der Waals surface area contributed by atoms with Gasteiger partial charge in [0, 0.05) is 43.3 Å². The van der Waals surface area contributed by atoms with E-state index in [9.17, 15) is 13.2 Å². The number of aryl methyl sites for hydroxylation is 1. The number of nitrogens with one attached hydrogen (secondary N) is 1. The van der Waals surface area contributed by atoms with Gasteiger partial charge in [-0.2, -0.15) is 13.2 Å². The van der Waals surface area contributed by atoms with Gasteiger partial charge in [0.25, 0.3) is 0 Å². The fraction of sp³-hybridized carbons (Fsp3) is 0.737. The zero-order valence-electron chi connectivity index (χ0n) is 15.5. The molecule has 0 aromatic carbocycles. The minimum absolute atomic E-state index is 0.450. The van der Waals surface area contributed by atoms with E-state index >= 15 is 0 Å². The summed E-state index contributed by atoms with van der Waals surface area (Å²) in [6.07, 6.45) is 0.222. The Hall–Kier alpha value is -0.830. The highest BCUT2D eigenvalue weighted by atomic mass is 32.2. The first kappa shape index (κ1) is 19.5. The number of ether oxygens (including phenoxy) is 1. The fourth-order valence-corrected chi connectivity index (χ4v) is 5.72. The molecule has 2 unspecified atom stereocenters. The summed E-state index contributed by atoms with van der Waals surface area (Å²) < 4.78 is 46.0. The van der Waals surface area contributed by atoms with Crippen LogP contribution in [0, 0.1) is 18.8 Å². The maximum atomic E-state index is 12.8. The van der Waals surface area contributed by atoms with Crippen LogP contribution in [0.2, 0.25) is 0 Å². The minimum atomic E-state index is -4.38. The van der Waals surface area contributed by atoms with Crippen molar-refractivity contribution in [3.63, 3.8) is 0 Å². The van der Waals surface area contributed by atoms with E-state index in [0.29, 0.717) is 29.6 Å². The van der Waals surface area contributed by atoms with Crippen LogP contribution in [0.15, 0.2) is 17.0 Å². The standard InChI is InChI=1S/C19H26F3N3OS/c1-12-17(2-3-18(23-12)19(20,21)22)27-25-10-13-8-16(9-14(13)11-25)24-15-4-6-26-7-5-15/h2-3,13-16,24H,4-11H2,1H3. The SMILES string of the molecule is Cc1nc(C(F)(F)F)ccc1SN1CC2CC(NC3CCOCC3)CC2C1. The molecule has 3 aliphatic rings. The summed E-state index contributed by atoms with van der Waals surface area (Å²) >= 11 is 1.56.